The van der Waals surface area contributed by atoms with Crippen molar-refractivity contribution >= 4 is 27.5 Å². The van der Waals surface area contributed by atoms with Crippen molar-refractivity contribution in [2.75, 3.05) is 32.7 Å². The van der Waals surface area contributed by atoms with E-state index in [-0.39, 0.29) is 11.5 Å². The third kappa shape index (κ3) is 3.19. The first kappa shape index (κ1) is 16.2. The van der Waals surface area contributed by atoms with Gasteiger partial charge in [-0.2, -0.15) is 0 Å². The Hall–Kier alpha value is -1.66. The van der Waals surface area contributed by atoms with Crippen LogP contribution in [-0.4, -0.2) is 52.4 Å². The maximum Gasteiger partial charge on any atom is 0.269 e. The van der Waals surface area contributed by atoms with Gasteiger partial charge in [-0.05, 0) is 32.0 Å². The summed E-state index contributed by atoms with van der Waals surface area (Å²) in [6.07, 6.45) is 1.14. The molecule has 2 aromatic rings. The fourth-order valence-corrected chi connectivity index (χ4v) is 4.15. The largest absolute Gasteiger partial charge is 0.338 e. The maximum absolute atomic E-state index is 12.7. The molecule has 1 aromatic carbocycles. The second-order valence-electron chi connectivity index (χ2n) is 6.06. The zero-order valence-corrected chi connectivity index (χ0v) is 14.5. The van der Waals surface area contributed by atoms with Gasteiger partial charge in [-0.1, -0.05) is 30.6 Å². The van der Waals surface area contributed by atoms with E-state index in [4.69, 9.17) is 0 Å². The van der Waals surface area contributed by atoms with Crippen LogP contribution < -0.4 is 5.56 Å². The molecular formula is C17H23N3O2S. The Morgan fingerprint density at radius 3 is 2.57 bits per heavy atom. The Balaban J connectivity index is 1.74. The van der Waals surface area contributed by atoms with Crippen LogP contribution in [0.1, 0.15) is 26.3 Å². The molecule has 0 radical (unpaired) electrons. The molecule has 0 saturated carbocycles. The van der Waals surface area contributed by atoms with E-state index in [9.17, 15) is 9.59 Å². The number of aromatic nitrogens is 1. The third-order valence-electron chi connectivity index (χ3n) is 4.45. The zero-order chi connectivity index (χ0) is 16.4. The number of rotatable bonds is 4. The van der Waals surface area contributed by atoms with Gasteiger partial charge in [-0.15, -0.1) is 0 Å². The van der Waals surface area contributed by atoms with E-state index in [1.54, 1.807) is 3.96 Å². The average Bonchev–Trinajstić information content (AvgIpc) is 2.92. The predicted octanol–water partition coefficient (Wildman–Crippen LogP) is 2.18. The lowest BCUT2D eigenvalue weighted by Gasteiger charge is -2.35. The van der Waals surface area contributed by atoms with Crippen LogP contribution in [0, 0.1) is 0 Å². The van der Waals surface area contributed by atoms with Crippen LogP contribution in [-0.2, 0) is 4.79 Å². The molecule has 23 heavy (non-hydrogen) atoms. The predicted molar refractivity (Wildman–Crippen MR) is 94.1 cm³/mol. The Labute approximate surface area is 140 Å². The summed E-state index contributed by atoms with van der Waals surface area (Å²) in [6.45, 7) is 8.45. The molecule has 124 valence electrons. The van der Waals surface area contributed by atoms with Crippen molar-refractivity contribution in [1.82, 2.24) is 13.8 Å². The summed E-state index contributed by atoms with van der Waals surface area (Å²) in [4.78, 5) is 29.5. The van der Waals surface area contributed by atoms with E-state index < -0.39 is 6.04 Å². The molecule has 1 aliphatic heterocycles. The Bertz CT molecular complexity index is 744. The van der Waals surface area contributed by atoms with E-state index >= 15 is 0 Å². The van der Waals surface area contributed by atoms with Gasteiger partial charge in [0.25, 0.3) is 5.56 Å². The first-order valence-electron chi connectivity index (χ1n) is 8.23. The van der Waals surface area contributed by atoms with Crippen LogP contribution in [0.5, 0.6) is 0 Å². The average molecular weight is 333 g/mol. The number of carbonyl (C=O) groups is 1. The minimum absolute atomic E-state index is 0.0507. The van der Waals surface area contributed by atoms with E-state index in [0.29, 0.717) is 5.39 Å². The Kier molecular flexibility index (Phi) is 4.82. The molecule has 1 aliphatic rings. The zero-order valence-electron chi connectivity index (χ0n) is 13.7. The van der Waals surface area contributed by atoms with Crippen molar-refractivity contribution in [2.24, 2.45) is 0 Å². The van der Waals surface area contributed by atoms with Gasteiger partial charge in [-0.3, -0.25) is 18.4 Å². The summed E-state index contributed by atoms with van der Waals surface area (Å²) < 4.78 is 2.55. The van der Waals surface area contributed by atoms with Crippen molar-refractivity contribution in [3.05, 3.63) is 34.6 Å². The molecular weight excluding hydrogens is 310 g/mol. The lowest BCUT2D eigenvalue weighted by molar-refractivity contribution is -0.135. The Morgan fingerprint density at radius 2 is 1.91 bits per heavy atom. The number of hydrogen-bond donors (Lipinski definition) is 0. The van der Waals surface area contributed by atoms with Gasteiger partial charge in [0.15, 0.2) is 0 Å². The van der Waals surface area contributed by atoms with E-state index in [1.165, 1.54) is 11.5 Å². The molecule has 1 amide bonds. The molecule has 1 fully saturated rings. The molecule has 0 spiro atoms. The highest BCUT2D eigenvalue weighted by Crippen LogP contribution is 2.21. The van der Waals surface area contributed by atoms with Gasteiger partial charge in [0.05, 0.1) is 10.1 Å². The minimum atomic E-state index is -0.433. The second-order valence-corrected chi connectivity index (χ2v) is 7.08. The second kappa shape index (κ2) is 6.84. The number of benzene rings is 1. The molecule has 2 heterocycles. The van der Waals surface area contributed by atoms with Gasteiger partial charge in [0.2, 0.25) is 5.91 Å². The van der Waals surface area contributed by atoms with Crippen LogP contribution in [0.15, 0.2) is 29.1 Å². The summed E-state index contributed by atoms with van der Waals surface area (Å²) in [5.74, 6) is 0.0507. The molecule has 1 aromatic heterocycles. The van der Waals surface area contributed by atoms with Crippen molar-refractivity contribution in [3.63, 3.8) is 0 Å². The van der Waals surface area contributed by atoms with E-state index in [1.807, 2.05) is 36.1 Å². The molecule has 1 saturated heterocycles. The summed E-state index contributed by atoms with van der Waals surface area (Å²) in [5.41, 5.74) is -0.0592. The monoisotopic (exact) mass is 333 g/mol. The number of nitrogens with zero attached hydrogens (tertiary/aromatic N) is 3. The normalized spacial score (nSPS) is 17.6. The van der Waals surface area contributed by atoms with Gasteiger partial charge in [-0.25, -0.2) is 0 Å². The van der Waals surface area contributed by atoms with Gasteiger partial charge in [0, 0.05) is 26.2 Å². The van der Waals surface area contributed by atoms with Crippen LogP contribution in [0.2, 0.25) is 0 Å². The summed E-state index contributed by atoms with van der Waals surface area (Å²) in [6, 6.07) is 7.10. The lowest BCUT2D eigenvalue weighted by Crippen LogP contribution is -2.50. The van der Waals surface area contributed by atoms with Gasteiger partial charge >= 0.3 is 0 Å². The van der Waals surface area contributed by atoms with Crippen molar-refractivity contribution in [3.8, 4) is 0 Å². The van der Waals surface area contributed by atoms with Crippen LogP contribution in [0.25, 0.3) is 10.1 Å². The van der Waals surface area contributed by atoms with Crippen molar-refractivity contribution in [1.29, 1.82) is 0 Å². The first-order valence-corrected chi connectivity index (χ1v) is 9.01. The minimum Gasteiger partial charge on any atom is -0.338 e. The Morgan fingerprint density at radius 1 is 1.22 bits per heavy atom. The number of hydrogen-bond acceptors (Lipinski definition) is 4. The van der Waals surface area contributed by atoms with E-state index in [2.05, 4.69) is 11.8 Å². The summed E-state index contributed by atoms with van der Waals surface area (Å²) >= 11 is 1.38. The maximum atomic E-state index is 12.7. The number of amides is 1. The van der Waals surface area contributed by atoms with Crippen molar-refractivity contribution < 1.29 is 4.79 Å². The highest BCUT2D eigenvalue weighted by molar-refractivity contribution is 7.14. The number of fused-ring (bicyclic) bond motifs is 1. The molecule has 5 nitrogen and oxygen atoms in total. The quantitative estimate of drug-likeness (QED) is 0.861. The number of piperazine rings is 1. The number of carbonyl (C=O) groups excluding carboxylic acids is 1. The molecule has 0 N–H and O–H groups in total. The molecule has 1 atom stereocenters. The van der Waals surface area contributed by atoms with Crippen LogP contribution >= 0.6 is 11.5 Å². The molecule has 0 aliphatic carbocycles. The smallest absolute Gasteiger partial charge is 0.269 e. The molecule has 3 rings (SSSR count). The molecule has 1 unspecified atom stereocenters. The van der Waals surface area contributed by atoms with Crippen LogP contribution in [0.4, 0.5) is 0 Å². The van der Waals surface area contributed by atoms with Gasteiger partial charge < -0.3 is 4.90 Å². The topological polar surface area (TPSA) is 45.5 Å². The SMILES string of the molecule is CCCN1CCN(C(=O)C(C)n2sc3ccccc3c2=O)CC1. The standard InChI is InChI=1S/C17H23N3O2S/c1-3-8-18-9-11-19(12-10-18)16(21)13(2)20-17(22)14-6-4-5-7-15(14)23-20/h4-7,13H,3,8-12H2,1-2H3. The first-order chi connectivity index (χ1) is 11.1. The molecule has 0 bridgehead atoms. The highest BCUT2D eigenvalue weighted by Gasteiger charge is 2.27. The fourth-order valence-electron chi connectivity index (χ4n) is 3.12. The van der Waals surface area contributed by atoms with E-state index in [0.717, 1.165) is 43.8 Å². The lowest BCUT2D eigenvalue weighted by atomic mass is 10.2. The van der Waals surface area contributed by atoms with Gasteiger partial charge in [0.1, 0.15) is 6.04 Å². The summed E-state index contributed by atoms with van der Waals surface area (Å²) in [7, 11) is 0. The van der Waals surface area contributed by atoms with Crippen LogP contribution in [0.3, 0.4) is 0 Å². The van der Waals surface area contributed by atoms with Crippen molar-refractivity contribution in [2.45, 2.75) is 26.3 Å². The highest BCUT2D eigenvalue weighted by atomic mass is 32.1. The fraction of sp³-hybridized carbons (Fsp3) is 0.529. The molecule has 6 heteroatoms. The summed E-state index contributed by atoms with van der Waals surface area (Å²) in [5, 5.41) is 0.699. The third-order valence-corrected chi connectivity index (χ3v) is 5.68.